The van der Waals surface area contributed by atoms with Crippen molar-refractivity contribution in [3.63, 3.8) is 0 Å². The third-order valence-electron chi connectivity index (χ3n) is 1.87. The number of benzene rings is 1. The Bertz CT molecular complexity index is 487. The Morgan fingerprint density at radius 3 is 2.41 bits per heavy atom. The number of rotatable bonds is 5. The van der Waals surface area contributed by atoms with E-state index in [0.29, 0.717) is 11.0 Å². The van der Waals surface area contributed by atoms with Crippen molar-refractivity contribution < 1.29 is 17.6 Å². The van der Waals surface area contributed by atoms with Crippen molar-refractivity contribution >= 4 is 37.4 Å². The molecule has 1 amide bonds. The normalized spacial score (nSPS) is 11.2. The summed E-state index contributed by atoms with van der Waals surface area (Å²) in [5, 5.41) is 2.67. The zero-order chi connectivity index (χ0) is 12.9. The van der Waals surface area contributed by atoms with Gasteiger partial charge in [0.2, 0.25) is 5.91 Å². The molecule has 0 aliphatic heterocycles. The van der Waals surface area contributed by atoms with Crippen LogP contribution in [-0.2, 0) is 14.6 Å². The minimum Gasteiger partial charge on any atom is -0.325 e. The Kier molecular flexibility index (Phi) is 5.07. The van der Waals surface area contributed by atoms with E-state index in [2.05, 4.69) is 21.2 Å². The molecular weight excluding hydrogens is 313 g/mol. The van der Waals surface area contributed by atoms with E-state index in [1.165, 1.54) is 24.3 Å². The number of hydrogen-bond donors (Lipinski definition) is 1. The molecule has 0 aliphatic carbocycles. The van der Waals surface area contributed by atoms with Crippen molar-refractivity contribution in [1.82, 2.24) is 0 Å². The molecule has 0 aromatic heterocycles. The summed E-state index contributed by atoms with van der Waals surface area (Å²) in [5.74, 6) is -1.72. The number of halogens is 2. The Morgan fingerprint density at radius 2 is 1.88 bits per heavy atom. The zero-order valence-corrected chi connectivity index (χ0v) is 11.2. The van der Waals surface area contributed by atoms with Gasteiger partial charge in [-0.15, -0.1) is 0 Å². The van der Waals surface area contributed by atoms with E-state index in [4.69, 9.17) is 0 Å². The second kappa shape index (κ2) is 6.11. The van der Waals surface area contributed by atoms with Gasteiger partial charge >= 0.3 is 0 Å². The predicted octanol–water partition coefficient (Wildman–Crippen LogP) is 1.57. The van der Waals surface area contributed by atoms with Crippen molar-refractivity contribution in [2.75, 3.05) is 22.2 Å². The van der Waals surface area contributed by atoms with E-state index in [1.54, 1.807) is 0 Å². The molecule has 4 nitrogen and oxygen atoms in total. The van der Waals surface area contributed by atoms with Crippen molar-refractivity contribution in [1.29, 1.82) is 0 Å². The fraction of sp³-hybridized carbons (Fsp3) is 0.300. The molecular formula is C10H11BrFNO3S. The number of anilines is 1. The van der Waals surface area contributed by atoms with Crippen LogP contribution in [0.3, 0.4) is 0 Å². The minimum absolute atomic E-state index is 0.0934. The topological polar surface area (TPSA) is 63.2 Å². The van der Waals surface area contributed by atoms with Gasteiger partial charge in [0, 0.05) is 11.0 Å². The van der Waals surface area contributed by atoms with Gasteiger partial charge in [-0.3, -0.25) is 4.79 Å². The van der Waals surface area contributed by atoms with Crippen LogP contribution in [0.2, 0.25) is 0 Å². The molecule has 0 fully saturated rings. The number of carbonyl (C=O) groups excluding carboxylic acids is 1. The molecule has 0 atom stereocenters. The van der Waals surface area contributed by atoms with Gasteiger partial charge in [-0.25, -0.2) is 12.8 Å². The number of sulfone groups is 1. The number of carbonyl (C=O) groups is 1. The summed E-state index contributed by atoms with van der Waals surface area (Å²) >= 11 is 3.00. The Labute approximate surface area is 107 Å². The molecule has 1 aromatic carbocycles. The monoisotopic (exact) mass is 323 g/mol. The number of amides is 1. The van der Waals surface area contributed by atoms with E-state index < -0.39 is 27.3 Å². The van der Waals surface area contributed by atoms with Crippen LogP contribution in [0.15, 0.2) is 24.3 Å². The van der Waals surface area contributed by atoms with Gasteiger partial charge in [0.05, 0.1) is 5.75 Å². The summed E-state index contributed by atoms with van der Waals surface area (Å²) in [4.78, 5) is 11.4. The number of alkyl halides is 1. The zero-order valence-electron chi connectivity index (χ0n) is 8.82. The SMILES string of the molecule is O=C(CS(=O)(=O)CCBr)Nc1ccc(F)cc1. The highest BCUT2D eigenvalue weighted by molar-refractivity contribution is 9.09. The van der Waals surface area contributed by atoms with Gasteiger partial charge in [0.1, 0.15) is 11.6 Å². The van der Waals surface area contributed by atoms with Crippen LogP contribution in [0.5, 0.6) is 0 Å². The lowest BCUT2D eigenvalue weighted by Crippen LogP contribution is -2.25. The molecule has 0 saturated heterocycles. The van der Waals surface area contributed by atoms with Crippen LogP contribution < -0.4 is 5.32 Å². The van der Waals surface area contributed by atoms with E-state index >= 15 is 0 Å². The molecule has 1 aromatic rings. The van der Waals surface area contributed by atoms with Crippen molar-refractivity contribution in [3.8, 4) is 0 Å². The van der Waals surface area contributed by atoms with Gasteiger partial charge in [-0.2, -0.15) is 0 Å². The molecule has 0 aliphatic rings. The van der Waals surface area contributed by atoms with E-state index in [9.17, 15) is 17.6 Å². The molecule has 1 N–H and O–H groups in total. The minimum atomic E-state index is -3.39. The molecule has 7 heteroatoms. The van der Waals surface area contributed by atoms with Crippen LogP contribution in [0, 0.1) is 5.82 Å². The second-order valence-electron chi connectivity index (χ2n) is 3.34. The quantitative estimate of drug-likeness (QED) is 0.837. The van der Waals surface area contributed by atoms with E-state index in [0.717, 1.165) is 0 Å². The Balaban J connectivity index is 2.59. The molecule has 0 radical (unpaired) electrons. The second-order valence-corrected chi connectivity index (χ2v) is 6.31. The molecule has 0 spiro atoms. The van der Waals surface area contributed by atoms with Crippen LogP contribution in [-0.4, -0.2) is 31.2 Å². The summed E-state index contributed by atoms with van der Waals surface area (Å²) in [7, 11) is -3.39. The number of nitrogens with one attached hydrogen (secondary N) is 1. The van der Waals surface area contributed by atoms with Crippen LogP contribution in [0.4, 0.5) is 10.1 Å². The van der Waals surface area contributed by atoms with Gasteiger partial charge in [0.25, 0.3) is 0 Å². The summed E-state index contributed by atoms with van der Waals surface area (Å²) in [6, 6.07) is 5.10. The largest absolute Gasteiger partial charge is 0.325 e. The highest BCUT2D eigenvalue weighted by Crippen LogP contribution is 2.08. The summed E-state index contributed by atoms with van der Waals surface area (Å²) in [6.45, 7) is 0. The third kappa shape index (κ3) is 5.27. The first-order valence-corrected chi connectivity index (χ1v) is 7.69. The lowest BCUT2D eigenvalue weighted by Gasteiger charge is -2.05. The fourth-order valence-electron chi connectivity index (χ4n) is 1.12. The lowest BCUT2D eigenvalue weighted by atomic mass is 10.3. The Hall–Kier alpha value is -0.950. The van der Waals surface area contributed by atoms with Crippen LogP contribution in [0.1, 0.15) is 0 Å². The van der Waals surface area contributed by atoms with Gasteiger partial charge < -0.3 is 5.32 Å². The summed E-state index contributed by atoms with van der Waals surface area (Å²) in [6.07, 6.45) is 0. The highest BCUT2D eigenvalue weighted by Gasteiger charge is 2.15. The first-order chi connectivity index (χ1) is 7.93. The van der Waals surface area contributed by atoms with Gasteiger partial charge in [-0.05, 0) is 24.3 Å². The van der Waals surface area contributed by atoms with Gasteiger partial charge in [-0.1, -0.05) is 15.9 Å². The van der Waals surface area contributed by atoms with E-state index in [-0.39, 0.29) is 5.75 Å². The molecule has 0 bridgehead atoms. The summed E-state index contributed by atoms with van der Waals surface area (Å²) < 4.78 is 35.3. The first kappa shape index (κ1) is 14.1. The number of hydrogen-bond acceptors (Lipinski definition) is 3. The maximum Gasteiger partial charge on any atom is 0.239 e. The van der Waals surface area contributed by atoms with Crippen molar-refractivity contribution in [2.24, 2.45) is 0 Å². The predicted molar refractivity (Wildman–Crippen MR) is 67.5 cm³/mol. The standard InChI is InChI=1S/C10H11BrFNO3S/c11-5-6-17(15,16)7-10(14)13-9-3-1-8(12)2-4-9/h1-4H,5-7H2,(H,13,14). The first-order valence-electron chi connectivity index (χ1n) is 4.75. The molecule has 17 heavy (non-hydrogen) atoms. The average Bonchev–Trinajstić information content (AvgIpc) is 2.20. The molecule has 0 heterocycles. The molecule has 1 rings (SSSR count). The molecule has 0 saturated carbocycles. The lowest BCUT2D eigenvalue weighted by molar-refractivity contribution is -0.113. The Morgan fingerprint density at radius 1 is 1.29 bits per heavy atom. The fourth-order valence-corrected chi connectivity index (χ4v) is 3.45. The smallest absolute Gasteiger partial charge is 0.239 e. The van der Waals surface area contributed by atoms with E-state index in [1.807, 2.05) is 0 Å². The highest BCUT2D eigenvalue weighted by atomic mass is 79.9. The molecule has 0 unspecified atom stereocenters. The summed E-state index contributed by atoms with van der Waals surface area (Å²) in [5.41, 5.74) is 0.366. The van der Waals surface area contributed by atoms with Crippen LogP contribution in [0.25, 0.3) is 0 Å². The van der Waals surface area contributed by atoms with Crippen molar-refractivity contribution in [2.45, 2.75) is 0 Å². The third-order valence-corrected chi connectivity index (χ3v) is 4.32. The van der Waals surface area contributed by atoms with Gasteiger partial charge in [0.15, 0.2) is 9.84 Å². The maximum atomic E-state index is 12.6. The van der Waals surface area contributed by atoms with Crippen LogP contribution >= 0.6 is 15.9 Å². The average molecular weight is 324 g/mol. The molecule has 94 valence electrons. The maximum absolute atomic E-state index is 12.6. The van der Waals surface area contributed by atoms with Crippen molar-refractivity contribution in [3.05, 3.63) is 30.1 Å².